The first-order chi connectivity index (χ1) is 6.71. The number of carbonyl (C=O) groups is 2. The number of nitrogens with zero attached hydrogens (tertiary/aromatic N) is 2. The molecule has 15 heavy (non-hydrogen) atoms. The van der Waals surface area contributed by atoms with E-state index in [0.717, 1.165) is 0 Å². The average molecular weight is 212 g/mol. The highest BCUT2D eigenvalue weighted by molar-refractivity contribution is 6.08. The van der Waals surface area contributed by atoms with Gasteiger partial charge in [-0.15, -0.1) is 10.2 Å². The highest BCUT2D eigenvalue weighted by Crippen LogP contribution is 2.44. The van der Waals surface area contributed by atoms with Crippen LogP contribution >= 0.6 is 0 Å². The lowest BCUT2D eigenvalue weighted by molar-refractivity contribution is -0.274. The minimum absolute atomic E-state index is 0.505. The molecule has 0 atom stereocenters. The standard InChI is InChI=1S/C9H12N2O4/c1-7(2,3)8(4)14-5(12)9(10-11-9)6(13)15-8/h1-4H3. The Kier molecular flexibility index (Phi) is 1.59. The van der Waals surface area contributed by atoms with Crippen molar-refractivity contribution in [2.24, 2.45) is 15.6 Å². The quantitative estimate of drug-likeness (QED) is 0.443. The van der Waals surface area contributed by atoms with E-state index in [9.17, 15) is 9.59 Å². The van der Waals surface area contributed by atoms with Gasteiger partial charge >= 0.3 is 17.6 Å². The largest absolute Gasteiger partial charge is 0.418 e. The maximum atomic E-state index is 11.5. The van der Waals surface area contributed by atoms with E-state index in [0.29, 0.717) is 0 Å². The predicted octanol–water partition coefficient (Wildman–Crippen LogP) is 1.01. The first kappa shape index (κ1) is 10.1. The van der Waals surface area contributed by atoms with Gasteiger partial charge in [0, 0.05) is 12.3 Å². The molecule has 2 aliphatic heterocycles. The van der Waals surface area contributed by atoms with E-state index in [1.807, 2.05) is 20.8 Å². The second kappa shape index (κ2) is 2.37. The van der Waals surface area contributed by atoms with Crippen molar-refractivity contribution in [1.82, 2.24) is 0 Å². The zero-order chi connectivity index (χ0) is 11.5. The Hall–Kier alpha value is -1.46. The van der Waals surface area contributed by atoms with Gasteiger partial charge in [-0.1, -0.05) is 20.8 Å². The van der Waals surface area contributed by atoms with Gasteiger partial charge in [0.2, 0.25) is 0 Å². The van der Waals surface area contributed by atoms with Crippen molar-refractivity contribution in [1.29, 1.82) is 0 Å². The average Bonchev–Trinajstić information content (AvgIpc) is 2.78. The summed E-state index contributed by atoms with van der Waals surface area (Å²) in [7, 11) is 0. The molecule has 1 spiro atoms. The Labute approximate surface area is 86.6 Å². The van der Waals surface area contributed by atoms with Crippen LogP contribution in [-0.4, -0.2) is 23.4 Å². The van der Waals surface area contributed by atoms with Crippen molar-refractivity contribution in [3.63, 3.8) is 0 Å². The van der Waals surface area contributed by atoms with Crippen molar-refractivity contribution >= 4 is 11.9 Å². The summed E-state index contributed by atoms with van der Waals surface area (Å²) in [5, 5.41) is 6.76. The molecule has 2 heterocycles. The summed E-state index contributed by atoms with van der Waals surface area (Å²) < 4.78 is 10.2. The highest BCUT2D eigenvalue weighted by atomic mass is 16.8. The summed E-state index contributed by atoms with van der Waals surface area (Å²) in [6.45, 7) is 6.99. The van der Waals surface area contributed by atoms with E-state index >= 15 is 0 Å². The van der Waals surface area contributed by atoms with Crippen molar-refractivity contribution in [2.45, 2.75) is 39.1 Å². The molecule has 0 aromatic carbocycles. The van der Waals surface area contributed by atoms with Gasteiger partial charge in [0.25, 0.3) is 5.79 Å². The van der Waals surface area contributed by atoms with Crippen LogP contribution in [0.15, 0.2) is 10.2 Å². The third-order valence-corrected chi connectivity index (χ3v) is 2.81. The Morgan fingerprint density at radius 2 is 1.47 bits per heavy atom. The summed E-state index contributed by atoms with van der Waals surface area (Å²) in [5.41, 5.74) is -2.21. The molecule has 0 bridgehead atoms. The van der Waals surface area contributed by atoms with Crippen molar-refractivity contribution < 1.29 is 19.1 Å². The zero-order valence-corrected chi connectivity index (χ0v) is 9.03. The molecule has 1 fully saturated rings. The van der Waals surface area contributed by atoms with Crippen LogP contribution in [0.25, 0.3) is 0 Å². The van der Waals surface area contributed by atoms with Crippen LogP contribution in [0.5, 0.6) is 0 Å². The van der Waals surface area contributed by atoms with Crippen LogP contribution in [-0.2, 0) is 19.1 Å². The normalized spacial score (nSPS) is 26.1. The molecule has 2 aliphatic rings. The molecule has 0 aromatic rings. The number of hydrogen-bond acceptors (Lipinski definition) is 6. The molecule has 1 saturated heterocycles. The molecule has 0 aromatic heterocycles. The second-order valence-electron chi connectivity index (χ2n) is 4.85. The summed E-state index contributed by atoms with van der Waals surface area (Å²) in [5.74, 6) is -2.77. The molecule has 82 valence electrons. The van der Waals surface area contributed by atoms with Gasteiger partial charge in [-0.3, -0.25) is 0 Å². The Morgan fingerprint density at radius 1 is 1.07 bits per heavy atom. The van der Waals surface area contributed by atoms with Crippen molar-refractivity contribution in [2.75, 3.05) is 0 Å². The summed E-state index contributed by atoms with van der Waals surface area (Å²) in [4.78, 5) is 23.1. The molecule has 0 radical (unpaired) electrons. The molecule has 0 amide bonds. The number of rotatable bonds is 0. The zero-order valence-electron chi connectivity index (χ0n) is 9.03. The van der Waals surface area contributed by atoms with E-state index < -0.39 is 28.8 Å². The van der Waals surface area contributed by atoms with Crippen molar-refractivity contribution in [3.05, 3.63) is 0 Å². The maximum Gasteiger partial charge on any atom is 0.382 e. The molecule has 0 aliphatic carbocycles. The lowest BCUT2D eigenvalue weighted by Gasteiger charge is -2.42. The van der Waals surface area contributed by atoms with Gasteiger partial charge in [0.15, 0.2) is 0 Å². The lowest BCUT2D eigenvalue weighted by atomic mass is 9.85. The molecule has 6 heteroatoms. The fourth-order valence-corrected chi connectivity index (χ4v) is 1.12. The van der Waals surface area contributed by atoms with Gasteiger partial charge in [-0.25, -0.2) is 9.59 Å². The van der Waals surface area contributed by atoms with Gasteiger partial charge in [0.1, 0.15) is 0 Å². The third-order valence-electron chi connectivity index (χ3n) is 2.81. The van der Waals surface area contributed by atoms with Crippen LogP contribution < -0.4 is 0 Å². The molecular weight excluding hydrogens is 200 g/mol. The van der Waals surface area contributed by atoms with Gasteiger partial charge in [0.05, 0.1) is 0 Å². The predicted molar refractivity (Wildman–Crippen MR) is 47.6 cm³/mol. The SMILES string of the molecule is CC(C)(C)C1(C)OC(=O)C2(N=N2)C(=O)O1. The molecule has 0 N–H and O–H groups in total. The van der Waals surface area contributed by atoms with Crippen LogP contribution in [0.1, 0.15) is 27.7 Å². The smallest absolute Gasteiger partial charge is 0.382 e. The fourth-order valence-electron chi connectivity index (χ4n) is 1.12. The molecule has 6 nitrogen and oxygen atoms in total. The molecule has 2 rings (SSSR count). The van der Waals surface area contributed by atoms with E-state index in [2.05, 4.69) is 10.2 Å². The van der Waals surface area contributed by atoms with Crippen LogP contribution in [0, 0.1) is 5.41 Å². The van der Waals surface area contributed by atoms with Crippen LogP contribution in [0.2, 0.25) is 0 Å². The highest BCUT2D eigenvalue weighted by Gasteiger charge is 2.67. The first-order valence-electron chi connectivity index (χ1n) is 4.62. The number of cyclic esters (lactones) is 2. The number of ether oxygens (including phenoxy) is 2. The van der Waals surface area contributed by atoms with Gasteiger partial charge in [-0.2, -0.15) is 0 Å². The first-order valence-corrected chi connectivity index (χ1v) is 4.62. The Bertz CT molecular complexity index is 354. The number of esters is 2. The maximum absolute atomic E-state index is 11.5. The van der Waals surface area contributed by atoms with Crippen molar-refractivity contribution in [3.8, 4) is 0 Å². The van der Waals surface area contributed by atoms with E-state index in [4.69, 9.17) is 9.47 Å². The van der Waals surface area contributed by atoms with Gasteiger partial charge in [-0.05, 0) is 0 Å². The van der Waals surface area contributed by atoms with E-state index in [1.165, 1.54) is 0 Å². The minimum atomic E-state index is -1.70. The number of carbonyl (C=O) groups excluding carboxylic acids is 2. The van der Waals surface area contributed by atoms with Crippen LogP contribution in [0.4, 0.5) is 0 Å². The second-order valence-corrected chi connectivity index (χ2v) is 4.85. The molecule has 0 unspecified atom stereocenters. The van der Waals surface area contributed by atoms with E-state index in [-0.39, 0.29) is 0 Å². The monoisotopic (exact) mass is 212 g/mol. The Morgan fingerprint density at radius 3 is 1.73 bits per heavy atom. The molecular formula is C9H12N2O4. The van der Waals surface area contributed by atoms with E-state index in [1.54, 1.807) is 6.92 Å². The minimum Gasteiger partial charge on any atom is -0.418 e. The Balaban J connectivity index is 2.29. The molecule has 0 saturated carbocycles. The summed E-state index contributed by atoms with van der Waals surface area (Å²) >= 11 is 0. The summed E-state index contributed by atoms with van der Waals surface area (Å²) in [6, 6.07) is 0. The number of hydrogen-bond donors (Lipinski definition) is 0. The van der Waals surface area contributed by atoms with Gasteiger partial charge < -0.3 is 9.47 Å². The lowest BCUT2D eigenvalue weighted by Crippen LogP contribution is -2.58. The fraction of sp³-hybridized carbons (Fsp3) is 0.778. The summed E-state index contributed by atoms with van der Waals surface area (Å²) in [6.07, 6.45) is 0. The third kappa shape index (κ3) is 1.17. The topological polar surface area (TPSA) is 77.3 Å². The van der Waals surface area contributed by atoms with Crippen LogP contribution in [0.3, 0.4) is 0 Å².